The molecule has 25 heavy (non-hydrogen) atoms. The van der Waals surface area contributed by atoms with E-state index in [-0.39, 0.29) is 5.91 Å². The molecule has 0 atom stereocenters. The van der Waals surface area contributed by atoms with Gasteiger partial charge in [-0.3, -0.25) is 9.10 Å². The summed E-state index contributed by atoms with van der Waals surface area (Å²) in [6.45, 7) is 5.68. The van der Waals surface area contributed by atoms with Crippen LogP contribution in [-0.2, 0) is 21.2 Å². The summed E-state index contributed by atoms with van der Waals surface area (Å²) in [7, 11) is -1.31. The molecule has 1 aromatic rings. The maximum Gasteiger partial charge on any atom is 0.232 e. The molecule has 0 N–H and O–H groups in total. The van der Waals surface area contributed by atoms with Crippen molar-refractivity contribution in [2.75, 3.05) is 50.3 Å². The summed E-state index contributed by atoms with van der Waals surface area (Å²) in [5, 5.41) is 0. The summed E-state index contributed by atoms with van der Waals surface area (Å²) < 4.78 is 25.6. The van der Waals surface area contributed by atoms with Crippen molar-refractivity contribution >= 4 is 21.6 Å². The van der Waals surface area contributed by atoms with Gasteiger partial charge in [0.25, 0.3) is 0 Å². The van der Waals surface area contributed by atoms with Gasteiger partial charge in [0.05, 0.1) is 11.9 Å². The largest absolute Gasteiger partial charge is 0.340 e. The van der Waals surface area contributed by atoms with Crippen LogP contribution in [0.25, 0.3) is 0 Å². The zero-order valence-electron chi connectivity index (χ0n) is 15.4. The van der Waals surface area contributed by atoms with E-state index in [9.17, 15) is 13.2 Å². The third kappa shape index (κ3) is 5.71. The van der Waals surface area contributed by atoms with E-state index in [0.29, 0.717) is 25.1 Å². The van der Waals surface area contributed by atoms with E-state index in [1.807, 2.05) is 29.2 Å². The summed E-state index contributed by atoms with van der Waals surface area (Å²) in [6.07, 6.45) is 3.03. The van der Waals surface area contributed by atoms with Crippen molar-refractivity contribution in [3.05, 3.63) is 29.8 Å². The SMILES string of the molecule is CCc1ccc(N(CCCC(=O)N2CCN(C)CC2)S(C)(=O)=O)cc1. The molecule has 0 spiro atoms. The van der Waals surface area contributed by atoms with Crippen LogP contribution in [0.3, 0.4) is 0 Å². The van der Waals surface area contributed by atoms with Gasteiger partial charge in [-0.05, 0) is 37.6 Å². The minimum Gasteiger partial charge on any atom is -0.340 e. The van der Waals surface area contributed by atoms with E-state index in [2.05, 4.69) is 18.9 Å². The van der Waals surface area contributed by atoms with Crippen LogP contribution in [0.4, 0.5) is 5.69 Å². The Morgan fingerprint density at radius 1 is 1.12 bits per heavy atom. The highest BCUT2D eigenvalue weighted by Crippen LogP contribution is 2.19. The van der Waals surface area contributed by atoms with Gasteiger partial charge in [0.2, 0.25) is 15.9 Å². The van der Waals surface area contributed by atoms with Gasteiger partial charge in [-0.1, -0.05) is 19.1 Å². The molecule has 2 rings (SSSR count). The highest BCUT2D eigenvalue weighted by Gasteiger charge is 2.21. The summed E-state index contributed by atoms with van der Waals surface area (Å²) >= 11 is 0. The van der Waals surface area contributed by atoms with Crippen molar-refractivity contribution in [3.63, 3.8) is 0 Å². The first-order valence-corrected chi connectivity index (χ1v) is 10.7. The number of carbonyl (C=O) groups excluding carboxylic acids is 1. The maximum absolute atomic E-state index is 12.3. The van der Waals surface area contributed by atoms with Gasteiger partial charge in [-0.25, -0.2) is 8.42 Å². The van der Waals surface area contributed by atoms with Crippen molar-refractivity contribution in [2.45, 2.75) is 26.2 Å². The summed E-state index contributed by atoms with van der Waals surface area (Å²) in [6, 6.07) is 7.57. The van der Waals surface area contributed by atoms with E-state index in [4.69, 9.17) is 0 Å². The zero-order chi connectivity index (χ0) is 18.4. The molecule has 0 aliphatic carbocycles. The van der Waals surface area contributed by atoms with Crippen LogP contribution in [0, 0.1) is 0 Å². The molecule has 0 aromatic heterocycles. The first-order valence-electron chi connectivity index (χ1n) is 8.84. The van der Waals surface area contributed by atoms with Crippen molar-refractivity contribution < 1.29 is 13.2 Å². The molecule has 0 radical (unpaired) electrons. The molecule has 0 bridgehead atoms. The Morgan fingerprint density at radius 3 is 2.24 bits per heavy atom. The number of hydrogen-bond acceptors (Lipinski definition) is 4. The van der Waals surface area contributed by atoms with Crippen LogP contribution in [0.15, 0.2) is 24.3 Å². The summed E-state index contributed by atoms with van der Waals surface area (Å²) in [4.78, 5) is 16.4. The number of piperazine rings is 1. The van der Waals surface area contributed by atoms with Gasteiger partial charge >= 0.3 is 0 Å². The van der Waals surface area contributed by atoms with Crippen LogP contribution < -0.4 is 4.31 Å². The standard InChI is InChI=1S/C18H29N3O3S/c1-4-16-7-9-17(10-8-16)21(25(3,23)24)11-5-6-18(22)20-14-12-19(2)13-15-20/h7-10H,4-6,11-15H2,1-3H3. The molecule has 1 heterocycles. The second-order valence-electron chi connectivity index (χ2n) is 6.64. The molecule has 1 fully saturated rings. The number of likely N-dealkylation sites (N-methyl/N-ethyl adjacent to an activating group) is 1. The number of nitrogens with zero attached hydrogens (tertiary/aromatic N) is 3. The van der Waals surface area contributed by atoms with Gasteiger partial charge in [0, 0.05) is 39.1 Å². The molecule has 1 amide bonds. The zero-order valence-corrected chi connectivity index (χ0v) is 16.3. The number of amides is 1. The third-order valence-corrected chi connectivity index (χ3v) is 5.83. The summed E-state index contributed by atoms with van der Waals surface area (Å²) in [5.41, 5.74) is 1.83. The molecule has 0 saturated carbocycles. The second kappa shape index (κ2) is 8.67. The Bertz CT molecular complexity index is 665. The molecule has 0 unspecified atom stereocenters. The van der Waals surface area contributed by atoms with Crippen LogP contribution in [-0.4, -0.2) is 70.2 Å². The lowest BCUT2D eigenvalue weighted by Gasteiger charge is -2.32. The molecule has 7 heteroatoms. The predicted molar refractivity (Wildman–Crippen MR) is 101 cm³/mol. The van der Waals surface area contributed by atoms with Crippen molar-refractivity contribution in [3.8, 4) is 0 Å². The Morgan fingerprint density at radius 2 is 1.72 bits per heavy atom. The number of anilines is 1. The highest BCUT2D eigenvalue weighted by molar-refractivity contribution is 7.92. The van der Waals surface area contributed by atoms with E-state index in [1.54, 1.807) is 0 Å². The van der Waals surface area contributed by atoms with E-state index >= 15 is 0 Å². The number of carbonyl (C=O) groups is 1. The average molecular weight is 368 g/mol. The second-order valence-corrected chi connectivity index (χ2v) is 8.55. The van der Waals surface area contributed by atoms with E-state index in [0.717, 1.165) is 32.6 Å². The van der Waals surface area contributed by atoms with Crippen LogP contribution in [0.1, 0.15) is 25.3 Å². The fourth-order valence-corrected chi connectivity index (χ4v) is 3.94. The normalized spacial score (nSPS) is 16.0. The van der Waals surface area contributed by atoms with Crippen LogP contribution in [0.2, 0.25) is 0 Å². The van der Waals surface area contributed by atoms with Gasteiger partial charge in [-0.15, -0.1) is 0 Å². The third-order valence-electron chi connectivity index (χ3n) is 4.64. The number of benzene rings is 1. The molecule has 1 aromatic carbocycles. The lowest BCUT2D eigenvalue weighted by Crippen LogP contribution is -2.47. The minimum absolute atomic E-state index is 0.114. The number of sulfonamides is 1. The average Bonchev–Trinajstić information content (AvgIpc) is 2.58. The van der Waals surface area contributed by atoms with Gasteiger partial charge in [-0.2, -0.15) is 0 Å². The van der Waals surface area contributed by atoms with E-state index in [1.165, 1.54) is 16.1 Å². The lowest BCUT2D eigenvalue weighted by atomic mass is 10.1. The van der Waals surface area contributed by atoms with Crippen molar-refractivity contribution in [2.24, 2.45) is 0 Å². The Balaban J connectivity index is 1.93. The Kier molecular flexibility index (Phi) is 6.84. The Hall–Kier alpha value is -1.60. The molecule has 1 aliphatic heterocycles. The first-order chi connectivity index (χ1) is 11.8. The predicted octanol–water partition coefficient (Wildman–Crippen LogP) is 1.57. The molecule has 140 valence electrons. The number of aryl methyl sites for hydroxylation is 1. The van der Waals surface area contributed by atoms with Crippen molar-refractivity contribution in [1.82, 2.24) is 9.80 Å². The van der Waals surface area contributed by atoms with Crippen LogP contribution >= 0.6 is 0 Å². The van der Waals surface area contributed by atoms with Gasteiger partial charge < -0.3 is 9.80 Å². The highest BCUT2D eigenvalue weighted by atomic mass is 32.2. The monoisotopic (exact) mass is 367 g/mol. The number of hydrogen-bond donors (Lipinski definition) is 0. The lowest BCUT2D eigenvalue weighted by molar-refractivity contribution is -0.132. The fourth-order valence-electron chi connectivity index (χ4n) is 2.97. The fraction of sp³-hybridized carbons (Fsp3) is 0.611. The number of rotatable bonds is 7. The summed E-state index contributed by atoms with van der Waals surface area (Å²) in [5.74, 6) is 0.114. The Labute approximate surface area is 151 Å². The van der Waals surface area contributed by atoms with Crippen molar-refractivity contribution in [1.29, 1.82) is 0 Å². The minimum atomic E-state index is -3.37. The maximum atomic E-state index is 12.3. The van der Waals surface area contributed by atoms with E-state index < -0.39 is 10.0 Å². The molecular formula is C18H29N3O3S. The molecule has 1 aliphatic rings. The smallest absolute Gasteiger partial charge is 0.232 e. The molecule has 6 nitrogen and oxygen atoms in total. The molecular weight excluding hydrogens is 338 g/mol. The van der Waals surface area contributed by atoms with Gasteiger partial charge in [0.15, 0.2) is 0 Å². The quantitative estimate of drug-likeness (QED) is 0.734. The van der Waals surface area contributed by atoms with Crippen LogP contribution in [0.5, 0.6) is 0 Å². The first kappa shape index (κ1) is 19.7. The van der Waals surface area contributed by atoms with Gasteiger partial charge in [0.1, 0.15) is 0 Å². The molecule has 1 saturated heterocycles. The topological polar surface area (TPSA) is 60.9 Å².